The van der Waals surface area contributed by atoms with Crippen LogP contribution in [0.25, 0.3) is 11.1 Å². The molecule has 19 heavy (non-hydrogen) atoms. The van der Waals surface area contributed by atoms with Crippen LogP contribution in [0.1, 0.15) is 11.4 Å². The van der Waals surface area contributed by atoms with Crippen molar-refractivity contribution in [2.45, 2.75) is 13.1 Å². The van der Waals surface area contributed by atoms with Crippen molar-refractivity contribution >= 4 is 0 Å². The van der Waals surface area contributed by atoms with E-state index in [9.17, 15) is 18.0 Å². The van der Waals surface area contributed by atoms with E-state index in [0.29, 0.717) is 11.4 Å². The lowest BCUT2D eigenvalue weighted by molar-refractivity contribution is -0.136. The van der Waals surface area contributed by atoms with E-state index in [1.165, 1.54) is 12.1 Å². The molecule has 0 aromatic carbocycles. The van der Waals surface area contributed by atoms with Gasteiger partial charge in [0, 0.05) is 0 Å². The zero-order chi connectivity index (χ0) is 14.2. The van der Waals surface area contributed by atoms with E-state index in [4.69, 9.17) is 5.84 Å². The first kappa shape index (κ1) is 13.1. The highest BCUT2D eigenvalue weighted by atomic mass is 19.4. The minimum absolute atomic E-state index is 0.345. The Labute approximate surface area is 105 Å². The van der Waals surface area contributed by atoms with E-state index < -0.39 is 11.7 Å². The summed E-state index contributed by atoms with van der Waals surface area (Å²) in [4.78, 5) is 10.6. The number of nitrogens with zero attached hydrogens (tertiary/aromatic N) is 3. The van der Waals surface area contributed by atoms with Gasteiger partial charge in [-0.05, 0) is 30.2 Å². The molecule has 0 spiro atoms. The van der Waals surface area contributed by atoms with Gasteiger partial charge < -0.3 is 5.84 Å². The van der Waals surface area contributed by atoms with Crippen LogP contribution in [0.2, 0.25) is 0 Å². The van der Waals surface area contributed by atoms with Gasteiger partial charge in [0.1, 0.15) is 6.20 Å². The Morgan fingerprint density at radius 1 is 1.32 bits per heavy atom. The normalized spacial score (nSPS) is 11.6. The monoisotopic (exact) mass is 270 g/mol. The average Bonchev–Trinajstić information content (AvgIpc) is 2.95. The molecular weight excluding hydrogens is 261 g/mol. The van der Waals surface area contributed by atoms with Crippen molar-refractivity contribution in [1.82, 2.24) is 14.9 Å². The number of halogens is 3. The van der Waals surface area contributed by atoms with E-state index >= 15 is 0 Å². The Kier molecular flexibility index (Phi) is 3.01. The summed E-state index contributed by atoms with van der Waals surface area (Å²) >= 11 is 0. The standard InChI is InChI=1S/C7H3F3.C4H6N4O/c8-7(9,10)6-2-1-4-3-5(4)6;1-3-7-6-2-4(9)8(3)5/h1-3H;2H,5H2,1H3. The van der Waals surface area contributed by atoms with Gasteiger partial charge in [-0.25, -0.2) is 4.68 Å². The van der Waals surface area contributed by atoms with Crippen LogP contribution >= 0.6 is 0 Å². The quantitative estimate of drug-likeness (QED) is 0.626. The van der Waals surface area contributed by atoms with Crippen LogP contribution in [0, 0.1) is 6.92 Å². The third-order valence-electron chi connectivity index (χ3n) is 2.51. The van der Waals surface area contributed by atoms with Crippen LogP contribution in [-0.4, -0.2) is 14.9 Å². The Bertz CT molecular complexity index is 678. The van der Waals surface area contributed by atoms with Gasteiger partial charge in [-0.1, -0.05) is 6.07 Å². The number of rotatable bonds is 0. The Morgan fingerprint density at radius 3 is 2.32 bits per heavy atom. The number of benzene rings is 1. The van der Waals surface area contributed by atoms with E-state index in [-0.39, 0.29) is 5.56 Å². The van der Waals surface area contributed by atoms with E-state index in [2.05, 4.69) is 10.2 Å². The zero-order valence-electron chi connectivity index (χ0n) is 9.77. The molecular formula is C11H9F3N4O. The number of fused-ring (bicyclic) bond motifs is 1. The molecule has 0 amide bonds. The molecule has 0 unspecified atom stereocenters. The highest BCUT2D eigenvalue weighted by molar-refractivity contribution is 5.85. The molecule has 0 radical (unpaired) electrons. The summed E-state index contributed by atoms with van der Waals surface area (Å²) in [5.74, 6) is 5.59. The lowest BCUT2D eigenvalue weighted by Gasteiger charge is -2.01. The van der Waals surface area contributed by atoms with Crippen LogP contribution in [0.15, 0.2) is 29.2 Å². The minimum atomic E-state index is -4.17. The average molecular weight is 270 g/mol. The number of nitrogen functional groups attached to an aromatic ring is 1. The fraction of sp³-hybridized carbons (Fsp3) is 0.182. The van der Waals surface area contributed by atoms with Gasteiger partial charge in [-0.15, -0.1) is 5.10 Å². The van der Waals surface area contributed by atoms with Crippen LogP contribution in [-0.2, 0) is 6.18 Å². The molecule has 0 saturated carbocycles. The molecule has 100 valence electrons. The summed E-state index contributed by atoms with van der Waals surface area (Å²) in [7, 11) is 0. The van der Waals surface area contributed by atoms with Crippen molar-refractivity contribution in [3.8, 4) is 11.1 Å². The number of hydrogen-bond donors (Lipinski definition) is 1. The molecule has 0 bridgehead atoms. The van der Waals surface area contributed by atoms with Crippen LogP contribution in [0.4, 0.5) is 13.2 Å². The topological polar surface area (TPSA) is 73.8 Å². The summed E-state index contributed by atoms with van der Waals surface area (Å²) in [6, 6.07) is 4.13. The Morgan fingerprint density at radius 2 is 2.00 bits per heavy atom. The van der Waals surface area contributed by atoms with Crippen molar-refractivity contribution < 1.29 is 13.2 Å². The molecule has 5 nitrogen and oxygen atoms in total. The first-order valence-corrected chi connectivity index (χ1v) is 5.18. The van der Waals surface area contributed by atoms with E-state index in [0.717, 1.165) is 22.5 Å². The molecule has 3 rings (SSSR count). The third-order valence-corrected chi connectivity index (χ3v) is 2.51. The van der Waals surface area contributed by atoms with Gasteiger partial charge in [-0.3, -0.25) is 4.79 Å². The second-order valence-electron chi connectivity index (χ2n) is 3.86. The predicted octanol–water partition coefficient (Wildman–Crippen LogP) is 1.35. The molecule has 0 aliphatic heterocycles. The van der Waals surface area contributed by atoms with Gasteiger partial charge in [0.15, 0.2) is 5.82 Å². The molecule has 1 aromatic heterocycles. The van der Waals surface area contributed by atoms with Crippen LogP contribution in [0.3, 0.4) is 0 Å². The lowest BCUT2D eigenvalue weighted by atomic mass is 10.3. The van der Waals surface area contributed by atoms with Gasteiger partial charge in [0.2, 0.25) is 0 Å². The number of aryl methyl sites for hydroxylation is 1. The largest absolute Gasteiger partial charge is 0.417 e. The fourth-order valence-electron chi connectivity index (χ4n) is 1.43. The zero-order valence-corrected chi connectivity index (χ0v) is 9.77. The molecule has 8 heteroatoms. The first-order valence-electron chi connectivity index (χ1n) is 5.18. The van der Waals surface area contributed by atoms with Crippen LogP contribution < -0.4 is 11.4 Å². The third kappa shape index (κ3) is 2.72. The maximum atomic E-state index is 11.9. The summed E-state index contributed by atoms with van der Waals surface area (Å²) in [5, 5.41) is 6.91. The summed E-state index contributed by atoms with van der Waals surface area (Å²) in [5.41, 5.74) is 0.254. The smallest absolute Gasteiger partial charge is 0.335 e. The Hall–Kier alpha value is -2.38. The van der Waals surface area contributed by atoms with Crippen molar-refractivity contribution in [3.63, 3.8) is 0 Å². The highest BCUT2D eigenvalue weighted by Gasteiger charge is 2.37. The first-order chi connectivity index (χ1) is 8.80. The molecule has 2 N–H and O–H groups in total. The molecule has 1 heterocycles. The number of aromatic nitrogens is 3. The minimum Gasteiger partial charge on any atom is -0.335 e. The predicted molar refractivity (Wildman–Crippen MR) is 61.6 cm³/mol. The molecule has 2 aliphatic rings. The molecule has 2 aliphatic carbocycles. The second kappa shape index (κ2) is 4.38. The lowest BCUT2D eigenvalue weighted by Crippen LogP contribution is -2.29. The van der Waals surface area contributed by atoms with Gasteiger partial charge in [-0.2, -0.15) is 18.3 Å². The maximum absolute atomic E-state index is 11.9. The van der Waals surface area contributed by atoms with Gasteiger partial charge in [0.25, 0.3) is 5.56 Å². The molecule has 0 fully saturated rings. The van der Waals surface area contributed by atoms with Gasteiger partial charge in [0.05, 0.1) is 5.56 Å². The van der Waals surface area contributed by atoms with Crippen molar-refractivity contribution in [2.24, 2.45) is 0 Å². The molecule has 0 atom stereocenters. The van der Waals surface area contributed by atoms with Crippen molar-refractivity contribution in [2.75, 3.05) is 5.84 Å². The Balaban J connectivity index is 0.000000141. The van der Waals surface area contributed by atoms with Crippen LogP contribution in [0.5, 0.6) is 0 Å². The van der Waals surface area contributed by atoms with Crippen molar-refractivity contribution in [1.29, 1.82) is 0 Å². The highest BCUT2D eigenvalue weighted by Crippen LogP contribution is 2.45. The number of nitrogens with two attached hydrogens (primary N) is 1. The molecule has 1 aromatic rings. The summed E-state index contributed by atoms with van der Waals surface area (Å²) in [6.45, 7) is 1.61. The van der Waals surface area contributed by atoms with E-state index in [1.807, 2.05) is 0 Å². The number of alkyl halides is 3. The van der Waals surface area contributed by atoms with Gasteiger partial charge >= 0.3 is 6.18 Å². The fourth-order valence-corrected chi connectivity index (χ4v) is 1.43. The summed E-state index contributed by atoms with van der Waals surface area (Å²) in [6.07, 6.45) is -3.10. The second-order valence-corrected chi connectivity index (χ2v) is 3.86. The van der Waals surface area contributed by atoms with Crippen molar-refractivity contribution in [3.05, 3.63) is 46.1 Å². The summed E-state index contributed by atoms with van der Waals surface area (Å²) < 4.78 is 36.6. The maximum Gasteiger partial charge on any atom is 0.417 e. The molecule has 0 saturated heterocycles. The SMILES string of the molecule is Cc1nncc(=O)n1N.FC(F)(F)c1ccc2cc1-2. The number of hydrogen-bond acceptors (Lipinski definition) is 4. The van der Waals surface area contributed by atoms with E-state index in [1.54, 1.807) is 6.92 Å².